The van der Waals surface area contributed by atoms with Crippen LogP contribution in [0.5, 0.6) is 17.2 Å². The fourth-order valence-electron chi connectivity index (χ4n) is 2.13. The Morgan fingerprint density at radius 3 is 2.26 bits per heavy atom. The van der Waals surface area contributed by atoms with Gasteiger partial charge in [0.2, 0.25) is 5.75 Å². The molecule has 0 aliphatic heterocycles. The molecule has 0 saturated carbocycles. The van der Waals surface area contributed by atoms with E-state index in [9.17, 15) is 4.79 Å². The Labute approximate surface area is 135 Å². The van der Waals surface area contributed by atoms with Gasteiger partial charge < -0.3 is 14.2 Å². The number of allylic oxidation sites excluding steroid dienone is 2. The minimum Gasteiger partial charge on any atom is -0.493 e. The molecule has 2 rings (SSSR count). The van der Waals surface area contributed by atoms with Crippen molar-refractivity contribution in [3.8, 4) is 17.2 Å². The van der Waals surface area contributed by atoms with E-state index in [1.807, 2.05) is 18.2 Å². The minimum atomic E-state index is -0.132. The maximum Gasteiger partial charge on any atom is 0.255 e. The standard InChI is InChI=1S/C18H19NO4/c1-13(19-10-6-5-7-17(19)20)8-9-14-11-15(21-2)18(23-4)16(12-14)22-3/h5-12H,1H2,2-4H3/b9-8+. The largest absolute Gasteiger partial charge is 0.493 e. The van der Waals surface area contributed by atoms with Crippen LogP contribution in [0, 0.1) is 0 Å². The number of methoxy groups -OCH3 is 3. The number of pyridine rings is 1. The summed E-state index contributed by atoms with van der Waals surface area (Å²) in [7, 11) is 4.68. The number of aromatic nitrogens is 1. The Morgan fingerprint density at radius 1 is 1.09 bits per heavy atom. The van der Waals surface area contributed by atoms with E-state index in [2.05, 4.69) is 6.58 Å². The zero-order valence-corrected chi connectivity index (χ0v) is 13.4. The Hall–Kier alpha value is -2.95. The molecule has 5 nitrogen and oxygen atoms in total. The highest BCUT2D eigenvalue weighted by Gasteiger charge is 2.12. The van der Waals surface area contributed by atoms with Crippen LogP contribution >= 0.6 is 0 Å². The zero-order chi connectivity index (χ0) is 16.8. The lowest BCUT2D eigenvalue weighted by molar-refractivity contribution is 0.324. The van der Waals surface area contributed by atoms with Gasteiger partial charge in [-0.1, -0.05) is 18.7 Å². The third kappa shape index (κ3) is 3.63. The van der Waals surface area contributed by atoms with Gasteiger partial charge in [0.25, 0.3) is 5.56 Å². The summed E-state index contributed by atoms with van der Waals surface area (Å²) in [4.78, 5) is 11.8. The first kappa shape index (κ1) is 16.4. The molecule has 0 N–H and O–H groups in total. The van der Waals surface area contributed by atoms with Gasteiger partial charge in [-0.3, -0.25) is 9.36 Å². The molecule has 0 saturated heterocycles. The highest BCUT2D eigenvalue weighted by atomic mass is 16.5. The van der Waals surface area contributed by atoms with Crippen LogP contribution < -0.4 is 19.8 Å². The normalized spacial score (nSPS) is 10.6. The first-order chi connectivity index (χ1) is 11.1. The first-order valence-electron chi connectivity index (χ1n) is 6.95. The average Bonchev–Trinajstić information content (AvgIpc) is 2.58. The van der Waals surface area contributed by atoms with Gasteiger partial charge in [0, 0.05) is 18.0 Å². The smallest absolute Gasteiger partial charge is 0.255 e. The number of hydrogen-bond acceptors (Lipinski definition) is 4. The third-order valence-electron chi connectivity index (χ3n) is 3.29. The molecule has 0 radical (unpaired) electrons. The molecule has 5 heteroatoms. The molecule has 120 valence electrons. The molecule has 0 bridgehead atoms. The molecule has 0 amide bonds. The maximum absolute atomic E-state index is 11.8. The first-order valence-corrected chi connectivity index (χ1v) is 6.95. The van der Waals surface area contributed by atoms with Crippen molar-refractivity contribution in [2.75, 3.05) is 21.3 Å². The van der Waals surface area contributed by atoms with E-state index in [1.165, 1.54) is 10.6 Å². The Morgan fingerprint density at radius 2 is 1.74 bits per heavy atom. The number of rotatable bonds is 6. The summed E-state index contributed by atoms with van der Waals surface area (Å²) in [6.07, 6.45) is 5.25. The van der Waals surface area contributed by atoms with Crippen LogP contribution in [0.3, 0.4) is 0 Å². The molecule has 0 atom stereocenters. The summed E-state index contributed by atoms with van der Waals surface area (Å²) in [5.41, 5.74) is 1.26. The molecule has 0 aliphatic rings. The molecule has 2 aromatic rings. The quantitative estimate of drug-likeness (QED) is 0.769. The van der Waals surface area contributed by atoms with Gasteiger partial charge in [-0.25, -0.2) is 0 Å². The van der Waals surface area contributed by atoms with Gasteiger partial charge in [-0.2, -0.15) is 0 Å². The molecule has 1 aromatic carbocycles. The van der Waals surface area contributed by atoms with Crippen molar-refractivity contribution in [2.24, 2.45) is 0 Å². The van der Waals surface area contributed by atoms with Crippen LogP contribution in [0.1, 0.15) is 5.56 Å². The summed E-state index contributed by atoms with van der Waals surface area (Å²) in [5.74, 6) is 1.66. The van der Waals surface area contributed by atoms with Crippen LogP contribution in [-0.2, 0) is 0 Å². The second-order valence-electron chi connectivity index (χ2n) is 4.69. The number of hydrogen-bond donors (Lipinski definition) is 0. The van der Waals surface area contributed by atoms with Crippen molar-refractivity contribution in [3.05, 3.63) is 65.1 Å². The molecule has 0 spiro atoms. The molecule has 0 fully saturated rings. The second kappa shape index (κ2) is 7.35. The van der Waals surface area contributed by atoms with Crippen LogP contribution in [-0.4, -0.2) is 25.9 Å². The van der Waals surface area contributed by atoms with Crippen molar-refractivity contribution in [1.29, 1.82) is 0 Å². The lowest BCUT2D eigenvalue weighted by Crippen LogP contribution is -2.15. The highest BCUT2D eigenvalue weighted by Crippen LogP contribution is 2.38. The van der Waals surface area contributed by atoms with E-state index >= 15 is 0 Å². The number of ether oxygens (including phenoxy) is 3. The molecular formula is C18H19NO4. The molecule has 1 heterocycles. The van der Waals surface area contributed by atoms with Crippen molar-refractivity contribution in [3.63, 3.8) is 0 Å². The van der Waals surface area contributed by atoms with Gasteiger partial charge in [0.05, 0.1) is 21.3 Å². The summed E-state index contributed by atoms with van der Waals surface area (Å²) in [5, 5.41) is 0. The van der Waals surface area contributed by atoms with Crippen LogP contribution in [0.15, 0.2) is 54.0 Å². The minimum absolute atomic E-state index is 0.132. The van der Waals surface area contributed by atoms with Crippen molar-refractivity contribution in [2.45, 2.75) is 0 Å². The summed E-state index contributed by atoms with van der Waals surface area (Å²) in [6.45, 7) is 3.91. The van der Waals surface area contributed by atoms with Crippen molar-refractivity contribution < 1.29 is 14.2 Å². The van der Waals surface area contributed by atoms with E-state index in [4.69, 9.17) is 14.2 Å². The predicted molar refractivity (Wildman–Crippen MR) is 91.2 cm³/mol. The lowest BCUT2D eigenvalue weighted by Gasteiger charge is -2.13. The van der Waals surface area contributed by atoms with Gasteiger partial charge >= 0.3 is 0 Å². The second-order valence-corrected chi connectivity index (χ2v) is 4.69. The van der Waals surface area contributed by atoms with E-state index in [0.29, 0.717) is 22.9 Å². The fraction of sp³-hybridized carbons (Fsp3) is 0.167. The zero-order valence-electron chi connectivity index (χ0n) is 13.4. The lowest BCUT2D eigenvalue weighted by atomic mass is 10.1. The molecular weight excluding hydrogens is 294 g/mol. The van der Waals surface area contributed by atoms with E-state index in [-0.39, 0.29) is 5.56 Å². The highest BCUT2D eigenvalue weighted by molar-refractivity contribution is 5.69. The maximum atomic E-state index is 11.8. The molecule has 0 aliphatic carbocycles. The average molecular weight is 313 g/mol. The Bertz CT molecular complexity index is 765. The van der Waals surface area contributed by atoms with E-state index < -0.39 is 0 Å². The van der Waals surface area contributed by atoms with Gasteiger partial charge in [-0.05, 0) is 29.8 Å². The molecule has 0 unspecified atom stereocenters. The SMILES string of the molecule is C=C(/C=C/c1cc(OC)c(OC)c(OC)c1)n1ccccc1=O. The number of nitrogens with zero attached hydrogens (tertiary/aromatic N) is 1. The Balaban J connectivity index is 2.34. The van der Waals surface area contributed by atoms with Crippen molar-refractivity contribution >= 4 is 11.8 Å². The molecule has 1 aromatic heterocycles. The van der Waals surface area contributed by atoms with Crippen LogP contribution in [0.4, 0.5) is 0 Å². The predicted octanol–water partition coefficient (Wildman–Crippen LogP) is 3.06. The summed E-state index contributed by atoms with van der Waals surface area (Å²) in [6, 6.07) is 8.59. The van der Waals surface area contributed by atoms with E-state index in [0.717, 1.165) is 5.56 Å². The van der Waals surface area contributed by atoms with Crippen LogP contribution in [0.25, 0.3) is 11.8 Å². The van der Waals surface area contributed by atoms with Crippen LogP contribution in [0.2, 0.25) is 0 Å². The van der Waals surface area contributed by atoms with Gasteiger partial charge in [0.15, 0.2) is 11.5 Å². The monoisotopic (exact) mass is 313 g/mol. The fourth-order valence-corrected chi connectivity index (χ4v) is 2.13. The van der Waals surface area contributed by atoms with Crippen molar-refractivity contribution in [1.82, 2.24) is 4.57 Å². The van der Waals surface area contributed by atoms with Gasteiger partial charge in [0.1, 0.15) is 0 Å². The topological polar surface area (TPSA) is 49.7 Å². The third-order valence-corrected chi connectivity index (χ3v) is 3.29. The number of benzene rings is 1. The summed E-state index contributed by atoms with van der Waals surface area (Å²) < 4.78 is 17.4. The summed E-state index contributed by atoms with van der Waals surface area (Å²) >= 11 is 0. The van der Waals surface area contributed by atoms with E-state index in [1.54, 1.807) is 45.7 Å². The van der Waals surface area contributed by atoms with Gasteiger partial charge in [-0.15, -0.1) is 0 Å². The molecule has 23 heavy (non-hydrogen) atoms. The Kier molecular flexibility index (Phi) is 5.25.